The Morgan fingerprint density at radius 3 is 1.31 bits per heavy atom. The van der Waals surface area contributed by atoms with Crippen molar-refractivity contribution in [1.29, 1.82) is 0 Å². The van der Waals surface area contributed by atoms with E-state index in [-0.39, 0.29) is 0 Å². The molecule has 5 aromatic rings. The second-order valence-electron chi connectivity index (χ2n) is 10.9. The van der Waals surface area contributed by atoms with Crippen LogP contribution in [0.1, 0.15) is 88.8 Å². The fourth-order valence-electron chi connectivity index (χ4n) is 6.02. The van der Waals surface area contributed by atoms with E-state index in [1.165, 1.54) is 106 Å². The molecule has 2 aromatic heterocycles. The Kier molecular flexibility index (Phi) is 8.33. The highest BCUT2D eigenvalue weighted by Crippen LogP contribution is 2.40. The summed E-state index contributed by atoms with van der Waals surface area (Å²) in [6.07, 6.45) is 13.1. The quantitative estimate of drug-likeness (QED) is 0.145. The summed E-state index contributed by atoms with van der Waals surface area (Å²) in [6, 6.07) is 19.3. The molecule has 3 aromatic carbocycles. The molecule has 0 aliphatic rings. The van der Waals surface area contributed by atoms with Crippen LogP contribution in [-0.4, -0.2) is 0 Å². The fourth-order valence-corrected chi connectivity index (χ4v) is 8.41. The van der Waals surface area contributed by atoms with Gasteiger partial charge in [0.1, 0.15) is 0 Å². The predicted octanol–water partition coefficient (Wildman–Crippen LogP) is 11.9. The minimum atomic E-state index is 0.820. The maximum atomic E-state index is 2.51. The Hall–Kier alpha value is -1.90. The molecule has 0 fully saturated rings. The molecule has 190 valence electrons. The molecule has 0 spiro atoms. The first-order valence-electron chi connectivity index (χ1n) is 14.4. The molecule has 0 aliphatic carbocycles. The zero-order valence-electron chi connectivity index (χ0n) is 22.7. The minimum Gasteiger partial charge on any atom is -0.140 e. The third-order valence-electron chi connectivity index (χ3n) is 8.36. The molecule has 0 nitrogen and oxygen atoms in total. The molecule has 2 heteroatoms. The number of hydrogen-bond acceptors (Lipinski definition) is 2. The highest BCUT2D eigenvalue weighted by atomic mass is 32.1. The Morgan fingerprint density at radius 2 is 0.917 bits per heavy atom. The summed E-state index contributed by atoms with van der Waals surface area (Å²) in [7, 11) is 0. The van der Waals surface area contributed by atoms with E-state index in [0.29, 0.717) is 0 Å². The van der Waals surface area contributed by atoms with Gasteiger partial charge in [0.15, 0.2) is 0 Å². The van der Waals surface area contributed by atoms with Crippen molar-refractivity contribution in [3.63, 3.8) is 0 Å². The summed E-state index contributed by atoms with van der Waals surface area (Å²) < 4.78 is 2.89. The van der Waals surface area contributed by atoms with E-state index in [2.05, 4.69) is 76.2 Å². The lowest BCUT2D eigenvalue weighted by atomic mass is 9.94. The summed E-state index contributed by atoms with van der Waals surface area (Å²) in [5.41, 5.74) is 0. The minimum absolute atomic E-state index is 0.820. The maximum absolute atomic E-state index is 2.51. The van der Waals surface area contributed by atoms with Crippen molar-refractivity contribution in [2.75, 3.05) is 0 Å². The van der Waals surface area contributed by atoms with Crippen molar-refractivity contribution in [1.82, 2.24) is 0 Å². The topological polar surface area (TPSA) is 0 Å². The van der Waals surface area contributed by atoms with Gasteiger partial charge in [0.2, 0.25) is 0 Å². The van der Waals surface area contributed by atoms with Gasteiger partial charge in [-0.1, -0.05) is 103 Å². The van der Waals surface area contributed by atoms with E-state index in [1.54, 1.807) is 9.75 Å². The molecule has 5 rings (SSSR count). The first-order valence-corrected chi connectivity index (χ1v) is 16.1. The normalized spacial score (nSPS) is 13.9. The molecule has 0 amide bonds. The van der Waals surface area contributed by atoms with Gasteiger partial charge in [0.05, 0.1) is 0 Å². The zero-order valence-corrected chi connectivity index (χ0v) is 24.3. The predicted molar refractivity (Wildman–Crippen MR) is 166 cm³/mol. The lowest BCUT2D eigenvalue weighted by molar-refractivity contribution is 0.452. The van der Waals surface area contributed by atoms with Crippen LogP contribution in [0.5, 0.6) is 0 Å². The average molecular weight is 515 g/mol. The first kappa shape index (κ1) is 25.7. The summed E-state index contributed by atoms with van der Waals surface area (Å²) >= 11 is 4.03. The standard InChI is InChI=1S/C34H42S2/c1-5-9-11-23(7-3)19-25-21-31-29-13-14-30-28(27(29)15-17-33(31)35-25)16-18-34-32(30)22-26(36-34)20-24(8-4)12-10-6-2/h13-18,21-24H,5-12,19-20H2,1-4H3. The van der Waals surface area contributed by atoms with Crippen LogP contribution in [0.2, 0.25) is 0 Å². The Balaban J connectivity index is 1.51. The number of thiophene rings is 2. The van der Waals surface area contributed by atoms with Gasteiger partial charge in [0.25, 0.3) is 0 Å². The summed E-state index contributed by atoms with van der Waals surface area (Å²) in [4.78, 5) is 3.12. The molecule has 2 atom stereocenters. The van der Waals surface area contributed by atoms with Gasteiger partial charge in [-0.15, -0.1) is 22.7 Å². The van der Waals surface area contributed by atoms with Crippen LogP contribution in [-0.2, 0) is 12.8 Å². The number of benzene rings is 3. The summed E-state index contributed by atoms with van der Waals surface area (Å²) in [5, 5.41) is 8.56. The van der Waals surface area contributed by atoms with Crippen LogP contribution < -0.4 is 0 Å². The number of hydrogen-bond donors (Lipinski definition) is 0. The van der Waals surface area contributed by atoms with E-state index in [1.807, 2.05) is 22.7 Å². The van der Waals surface area contributed by atoms with Crippen molar-refractivity contribution in [3.05, 3.63) is 58.3 Å². The lowest BCUT2D eigenvalue weighted by Gasteiger charge is -2.12. The number of unbranched alkanes of at least 4 members (excludes halogenated alkanes) is 2. The van der Waals surface area contributed by atoms with Crippen molar-refractivity contribution in [2.45, 2.75) is 91.9 Å². The second-order valence-corrected chi connectivity index (χ2v) is 13.2. The Labute approximate surface area is 225 Å². The van der Waals surface area contributed by atoms with Crippen LogP contribution in [0.25, 0.3) is 41.7 Å². The molecule has 0 bridgehead atoms. The molecule has 0 saturated carbocycles. The molecular formula is C34H42S2. The highest BCUT2D eigenvalue weighted by Gasteiger charge is 2.15. The second kappa shape index (κ2) is 11.7. The molecule has 0 saturated heterocycles. The molecule has 0 radical (unpaired) electrons. The van der Waals surface area contributed by atoms with E-state index in [0.717, 1.165) is 11.8 Å². The van der Waals surface area contributed by atoms with Crippen LogP contribution >= 0.6 is 22.7 Å². The molecule has 36 heavy (non-hydrogen) atoms. The van der Waals surface area contributed by atoms with Crippen molar-refractivity contribution < 1.29 is 0 Å². The van der Waals surface area contributed by atoms with E-state index < -0.39 is 0 Å². The zero-order chi connectivity index (χ0) is 25.1. The number of fused-ring (bicyclic) bond motifs is 7. The van der Waals surface area contributed by atoms with Crippen LogP contribution in [0.3, 0.4) is 0 Å². The molecule has 2 unspecified atom stereocenters. The molecule has 2 heterocycles. The summed E-state index contributed by atoms with van der Waals surface area (Å²) in [6.45, 7) is 9.34. The van der Waals surface area contributed by atoms with Gasteiger partial charge in [0, 0.05) is 29.9 Å². The SMILES string of the molecule is CCCCC(CC)Cc1cc2c(ccc3c2ccc2c4cc(CC(CC)CCCC)sc4ccc23)s1. The Bertz CT molecular complexity index is 1340. The molecule has 0 aliphatic heterocycles. The van der Waals surface area contributed by atoms with Gasteiger partial charge in [-0.2, -0.15) is 0 Å². The van der Waals surface area contributed by atoms with Gasteiger partial charge >= 0.3 is 0 Å². The van der Waals surface area contributed by atoms with Gasteiger partial charge in [-0.3, -0.25) is 0 Å². The largest absolute Gasteiger partial charge is 0.140 e. The van der Waals surface area contributed by atoms with Crippen molar-refractivity contribution in [3.8, 4) is 0 Å². The van der Waals surface area contributed by atoms with Crippen molar-refractivity contribution in [2.24, 2.45) is 11.8 Å². The Morgan fingerprint density at radius 1 is 0.528 bits per heavy atom. The van der Waals surface area contributed by atoms with E-state index in [4.69, 9.17) is 0 Å². The van der Waals surface area contributed by atoms with Crippen LogP contribution in [0, 0.1) is 11.8 Å². The van der Waals surface area contributed by atoms with Gasteiger partial charge in [-0.25, -0.2) is 0 Å². The third kappa shape index (κ3) is 5.22. The van der Waals surface area contributed by atoms with Crippen molar-refractivity contribution >= 4 is 64.4 Å². The number of rotatable bonds is 12. The fraction of sp³-hybridized carbons (Fsp3) is 0.471. The van der Waals surface area contributed by atoms with Gasteiger partial charge in [-0.05, 0) is 70.5 Å². The van der Waals surface area contributed by atoms with E-state index >= 15 is 0 Å². The smallest absolute Gasteiger partial charge is 0.0352 e. The maximum Gasteiger partial charge on any atom is 0.0352 e. The molecule has 0 N–H and O–H groups in total. The average Bonchev–Trinajstić information content (AvgIpc) is 3.51. The highest BCUT2D eigenvalue weighted by molar-refractivity contribution is 7.19. The monoisotopic (exact) mass is 514 g/mol. The molecular weight excluding hydrogens is 473 g/mol. The van der Waals surface area contributed by atoms with E-state index in [9.17, 15) is 0 Å². The first-order chi connectivity index (χ1) is 17.6. The third-order valence-corrected chi connectivity index (χ3v) is 10.6. The lowest BCUT2D eigenvalue weighted by Crippen LogP contribution is -2.01. The van der Waals surface area contributed by atoms with Crippen LogP contribution in [0.4, 0.5) is 0 Å². The summed E-state index contributed by atoms with van der Waals surface area (Å²) in [5.74, 6) is 1.64. The van der Waals surface area contributed by atoms with Gasteiger partial charge < -0.3 is 0 Å². The van der Waals surface area contributed by atoms with Crippen LogP contribution in [0.15, 0.2) is 48.5 Å².